The van der Waals surface area contributed by atoms with Gasteiger partial charge in [0.25, 0.3) is 6.01 Å². The second kappa shape index (κ2) is 13.5. The van der Waals surface area contributed by atoms with Crippen LogP contribution in [-0.4, -0.2) is 69.6 Å². The molecule has 16 heteroatoms. The van der Waals surface area contributed by atoms with Crippen LogP contribution in [0.1, 0.15) is 17.5 Å². The van der Waals surface area contributed by atoms with E-state index in [-0.39, 0.29) is 36.9 Å². The fraction of sp³-hybridized carbons (Fsp3) is 0.333. The van der Waals surface area contributed by atoms with Crippen molar-refractivity contribution in [3.8, 4) is 23.3 Å². The highest BCUT2D eigenvalue weighted by Gasteiger charge is 2.31. The van der Waals surface area contributed by atoms with Crippen molar-refractivity contribution < 1.29 is 41.5 Å². The number of halogens is 3. The maximum Gasteiger partial charge on any atom is 0.573 e. The number of hydrogen-bond donors (Lipinski definition) is 0. The number of benzene rings is 3. The highest BCUT2D eigenvalue weighted by atomic mass is 19.4. The summed E-state index contributed by atoms with van der Waals surface area (Å²) in [5.74, 6) is 0.770. The molecule has 2 aliphatic rings. The number of imidazole rings is 1. The van der Waals surface area contributed by atoms with Crippen molar-refractivity contribution in [3.63, 3.8) is 0 Å². The summed E-state index contributed by atoms with van der Waals surface area (Å²) < 4.78 is 66.2. The highest BCUT2D eigenvalue weighted by molar-refractivity contribution is 5.76. The zero-order valence-corrected chi connectivity index (χ0v) is 26.0. The number of hydrogen-bond acceptors (Lipinski definition) is 11. The van der Waals surface area contributed by atoms with Crippen LogP contribution in [0.25, 0.3) is 11.1 Å². The number of nitrogens with zero attached hydrogens (tertiary/aromatic N) is 6. The van der Waals surface area contributed by atoms with Gasteiger partial charge >= 0.3 is 18.2 Å². The minimum Gasteiger partial charge on any atom is -0.490 e. The molecule has 2 aromatic heterocycles. The van der Waals surface area contributed by atoms with E-state index in [4.69, 9.17) is 23.6 Å². The van der Waals surface area contributed by atoms with Crippen LogP contribution < -0.4 is 23.8 Å². The first-order chi connectivity index (χ1) is 23.6. The third-order valence-corrected chi connectivity index (χ3v) is 8.20. The normalized spacial score (nSPS) is 16.6. The zero-order chi connectivity index (χ0) is 34.0. The molecule has 0 N–H and O–H groups in total. The number of nitro groups is 1. The molecule has 13 nitrogen and oxygen atoms in total. The van der Waals surface area contributed by atoms with E-state index in [0.29, 0.717) is 41.6 Å². The first-order valence-electron chi connectivity index (χ1n) is 15.6. The summed E-state index contributed by atoms with van der Waals surface area (Å²) in [6.45, 7) is 4.94. The van der Waals surface area contributed by atoms with Crippen molar-refractivity contribution >= 4 is 22.9 Å². The van der Waals surface area contributed by atoms with Gasteiger partial charge in [-0.05, 0) is 52.4 Å². The Morgan fingerprint density at radius 1 is 0.878 bits per heavy atom. The number of aryl methyl sites for hydroxylation is 1. The predicted molar refractivity (Wildman–Crippen MR) is 169 cm³/mol. The summed E-state index contributed by atoms with van der Waals surface area (Å²) in [6, 6.07) is 19.6. The molecule has 4 heterocycles. The molecule has 1 fully saturated rings. The Kier molecular flexibility index (Phi) is 8.86. The lowest BCUT2D eigenvalue weighted by atomic mass is 10.2. The number of rotatable bonds is 11. The number of alkyl halides is 3. The number of anilines is 1. The molecule has 0 radical (unpaired) electrons. The summed E-state index contributed by atoms with van der Waals surface area (Å²) in [4.78, 5) is 23.6. The lowest BCUT2D eigenvalue weighted by Crippen LogP contribution is -2.46. The molecule has 256 valence electrons. The van der Waals surface area contributed by atoms with Crippen molar-refractivity contribution in [3.05, 3.63) is 94.2 Å². The zero-order valence-electron chi connectivity index (χ0n) is 26.0. The molecule has 0 aliphatic carbocycles. The minimum atomic E-state index is -4.72. The van der Waals surface area contributed by atoms with E-state index in [0.717, 1.165) is 43.9 Å². The minimum absolute atomic E-state index is 0.219. The Hall–Kier alpha value is -5.51. The van der Waals surface area contributed by atoms with Crippen LogP contribution in [0, 0.1) is 10.1 Å². The van der Waals surface area contributed by atoms with Crippen LogP contribution >= 0.6 is 0 Å². The Morgan fingerprint density at radius 2 is 1.59 bits per heavy atom. The molecule has 1 saturated heterocycles. The van der Waals surface area contributed by atoms with E-state index < -0.39 is 11.3 Å². The SMILES string of the molecule is O=[N+]([O-])c1cn2c(n1)O[C@H](COc1ccc3oc(N4CCN(Cc5ccc(OCc6ccc(OC(F)(F)F)cc6)cc5)CC4)nc3c1)CC2. The van der Waals surface area contributed by atoms with Crippen molar-refractivity contribution in [1.82, 2.24) is 19.4 Å². The van der Waals surface area contributed by atoms with Crippen LogP contribution in [0.5, 0.6) is 23.3 Å². The monoisotopic (exact) mass is 680 g/mol. The lowest BCUT2D eigenvalue weighted by molar-refractivity contribution is -0.389. The fourth-order valence-corrected chi connectivity index (χ4v) is 5.65. The number of oxazole rings is 1. The van der Waals surface area contributed by atoms with Crippen LogP contribution in [0.2, 0.25) is 0 Å². The average molecular weight is 681 g/mol. The Morgan fingerprint density at radius 3 is 2.33 bits per heavy atom. The van der Waals surface area contributed by atoms with Gasteiger partial charge < -0.3 is 38.4 Å². The second-order valence-electron chi connectivity index (χ2n) is 11.7. The molecular formula is C33H31F3N6O7. The van der Waals surface area contributed by atoms with Gasteiger partial charge in [0.2, 0.25) is 0 Å². The van der Waals surface area contributed by atoms with E-state index in [1.54, 1.807) is 4.57 Å². The van der Waals surface area contributed by atoms with Gasteiger partial charge in [-0.1, -0.05) is 24.3 Å². The average Bonchev–Trinajstić information content (AvgIpc) is 3.72. The van der Waals surface area contributed by atoms with Gasteiger partial charge in [0.05, 0.1) is 0 Å². The van der Waals surface area contributed by atoms with Gasteiger partial charge in [-0.25, -0.2) is 0 Å². The first-order valence-corrected chi connectivity index (χ1v) is 15.6. The van der Waals surface area contributed by atoms with E-state index in [9.17, 15) is 23.3 Å². The van der Waals surface area contributed by atoms with Crippen molar-refractivity contribution in [2.45, 2.75) is 38.6 Å². The number of ether oxygens (including phenoxy) is 4. The molecule has 3 aromatic carbocycles. The molecule has 0 unspecified atom stereocenters. The molecule has 2 aliphatic heterocycles. The first kappa shape index (κ1) is 32.1. The molecule has 5 aromatic rings. The smallest absolute Gasteiger partial charge is 0.490 e. The lowest BCUT2D eigenvalue weighted by Gasteiger charge is -2.33. The molecular weight excluding hydrogens is 649 g/mol. The summed E-state index contributed by atoms with van der Waals surface area (Å²) in [5.41, 5.74) is 3.19. The molecule has 0 bridgehead atoms. The Balaban J connectivity index is 0.859. The number of piperazine rings is 1. The summed E-state index contributed by atoms with van der Waals surface area (Å²) in [6.07, 6.45) is -3.00. The summed E-state index contributed by atoms with van der Waals surface area (Å²) >= 11 is 0. The highest BCUT2D eigenvalue weighted by Crippen LogP contribution is 2.29. The van der Waals surface area contributed by atoms with Crippen molar-refractivity contribution in [2.75, 3.05) is 37.7 Å². The Bertz CT molecular complexity index is 1900. The van der Waals surface area contributed by atoms with Crippen LogP contribution in [0.15, 0.2) is 77.3 Å². The molecule has 7 rings (SSSR count). The van der Waals surface area contributed by atoms with Gasteiger partial charge in [-0.2, -0.15) is 4.98 Å². The summed E-state index contributed by atoms with van der Waals surface area (Å²) in [7, 11) is 0. The van der Waals surface area contributed by atoms with Gasteiger partial charge in [0.15, 0.2) is 5.58 Å². The third kappa shape index (κ3) is 7.97. The molecule has 0 spiro atoms. The van der Waals surface area contributed by atoms with E-state index >= 15 is 0 Å². The number of aromatic nitrogens is 3. The molecule has 0 amide bonds. The van der Waals surface area contributed by atoms with Gasteiger partial charge in [-0.3, -0.25) is 9.47 Å². The van der Waals surface area contributed by atoms with Crippen molar-refractivity contribution in [2.24, 2.45) is 0 Å². The maximum absolute atomic E-state index is 12.4. The van der Waals surface area contributed by atoms with E-state index in [1.807, 2.05) is 42.5 Å². The van der Waals surface area contributed by atoms with E-state index in [2.05, 4.69) is 19.5 Å². The topological polar surface area (TPSA) is 130 Å². The molecule has 0 saturated carbocycles. The van der Waals surface area contributed by atoms with Crippen molar-refractivity contribution in [1.29, 1.82) is 0 Å². The fourth-order valence-electron chi connectivity index (χ4n) is 5.65. The van der Waals surface area contributed by atoms with Gasteiger partial charge in [-0.15, -0.1) is 13.2 Å². The molecule has 49 heavy (non-hydrogen) atoms. The summed E-state index contributed by atoms with van der Waals surface area (Å²) in [5, 5.41) is 11.0. The van der Waals surface area contributed by atoms with Gasteiger partial charge in [0.1, 0.15) is 48.3 Å². The second-order valence-corrected chi connectivity index (χ2v) is 11.7. The largest absolute Gasteiger partial charge is 0.573 e. The predicted octanol–water partition coefficient (Wildman–Crippen LogP) is 5.96. The third-order valence-electron chi connectivity index (χ3n) is 8.20. The van der Waals surface area contributed by atoms with Gasteiger partial charge in [0, 0.05) is 56.7 Å². The van der Waals surface area contributed by atoms with Crippen LogP contribution in [0.4, 0.5) is 25.0 Å². The quantitative estimate of drug-likeness (QED) is 0.121. The Labute approximate surface area is 277 Å². The van der Waals surface area contributed by atoms with Crippen LogP contribution in [0.3, 0.4) is 0 Å². The number of fused-ring (bicyclic) bond motifs is 2. The molecule has 1 atom stereocenters. The van der Waals surface area contributed by atoms with E-state index in [1.165, 1.54) is 30.5 Å². The maximum atomic E-state index is 12.4. The standard InChI is InChI=1S/C33H31F3N6O7/c34-33(35,36)49-25-7-3-23(4-8-25)20-45-24-5-1-22(2-6-24)18-39-13-15-40(16-14-39)31-37-28-17-26(9-10-29(28)48-31)46-21-27-11-12-41-19-30(42(43)44)38-32(41)47-27/h1-10,17,19,27H,11-16,18,20-21H2/t27-/m0/s1. The van der Waals surface area contributed by atoms with Crippen LogP contribution in [-0.2, 0) is 19.7 Å².